The van der Waals surface area contributed by atoms with Gasteiger partial charge in [0.15, 0.2) is 0 Å². The topological polar surface area (TPSA) is 55.6 Å². The van der Waals surface area contributed by atoms with E-state index in [0.717, 1.165) is 36.4 Å². The molecule has 0 spiro atoms. The van der Waals surface area contributed by atoms with E-state index in [2.05, 4.69) is 11.8 Å². The summed E-state index contributed by atoms with van der Waals surface area (Å²) in [6, 6.07) is 1.85. The van der Waals surface area contributed by atoms with Crippen LogP contribution < -0.4 is 5.73 Å². The molecule has 0 aromatic carbocycles. The number of carbonyl (C=O) groups is 1. The largest absolute Gasteiger partial charge is 0.371 e. The van der Waals surface area contributed by atoms with Gasteiger partial charge in [-0.15, -0.1) is 11.3 Å². The molecule has 2 bridgehead atoms. The first-order valence-corrected chi connectivity index (χ1v) is 7.36. The fourth-order valence-electron chi connectivity index (χ4n) is 2.62. The minimum Gasteiger partial charge on any atom is -0.371 e. The summed E-state index contributed by atoms with van der Waals surface area (Å²) in [5.41, 5.74) is 6.07. The SMILES string of the molecule is NCC#Cc1cc(C(=O)N2CC3CCC(C2)O3)cs1. The highest BCUT2D eigenvalue weighted by molar-refractivity contribution is 7.10. The molecule has 2 unspecified atom stereocenters. The van der Waals surface area contributed by atoms with Crippen LogP contribution in [0.3, 0.4) is 0 Å². The maximum absolute atomic E-state index is 12.4. The fourth-order valence-corrected chi connectivity index (χ4v) is 3.36. The van der Waals surface area contributed by atoms with Crippen LogP contribution >= 0.6 is 11.3 Å². The average Bonchev–Trinajstić information content (AvgIpc) is 3.02. The molecule has 100 valence electrons. The highest BCUT2D eigenvalue weighted by Gasteiger charge is 2.36. The molecule has 0 saturated carbocycles. The number of carbonyl (C=O) groups excluding carboxylic acids is 1. The van der Waals surface area contributed by atoms with E-state index in [-0.39, 0.29) is 18.1 Å². The Labute approximate surface area is 116 Å². The van der Waals surface area contributed by atoms with Gasteiger partial charge in [0.1, 0.15) is 0 Å². The number of hydrogen-bond acceptors (Lipinski definition) is 4. The summed E-state index contributed by atoms with van der Waals surface area (Å²) in [6.45, 7) is 1.78. The van der Waals surface area contributed by atoms with Crippen LogP contribution in [0, 0.1) is 11.8 Å². The molecule has 2 N–H and O–H groups in total. The van der Waals surface area contributed by atoms with Crippen LogP contribution in [0.25, 0.3) is 0 Å². The van der Waals surface area contributed by atoms with Crippen LogP contribution in [-0.2, 0) is 4.74 Å². The summed E-state index contributed by atoms with van der Waals surface area (Å²) in [4.78, 5) is 15.2. The monoisotopic (exact) mass is 276 g/mol. The van der Waals surface area contributed by atoms with Gasteiger partial charge < -0.3 is 15.4 Å². The average molecular weight is 276 g/mol. The van der Waals surface area contributed by atoms with E-state index in [9.17, 15) is 4.79 Å². The smallest absolute Gasteiger partial charge is 0.254 e. The molecule has 1 amide bonds. The van der Waals surface area contributed by atoms with Gasteiger partial charge in [0, 0.05) is 18.5 Å². The molecule has 0 aliphatic carbocycles. The lowest BCUT2D eigenvalue weighted by molar-refractivity contribution is -0.0303. The Hall–Kier alpha value is -1.35. The molecule has 2 aliphatic heterocycles. The van der Waals surface area contributed by atoms with E-state index in [0.29, 0.717) is 6.54 Å². The summed E-state index contributed by atoms with van der Waals surface area (Å²) in [7, 11) is 0. The fraction of sp³-hybridized carbons (Fsp3) is 0.500. The molecule has 1 aromatic rings. The van der Waals surface area contributed by atoms with E-state index in [1.165, 1.54) is 11.3 Å². The van der Waals surface area contributed by atoms with Gasteiger partial charge in [-0.05, 0) is 18.9 Å². The van der Waals surface area contributed by atoms with Crippen LogP contribution in [0.15, 0.2) is 11.4 Å². The number of hydrogen-bond donors (Lipinski definition) is 1. The Morgan fingerprint density at radius 1 is 1.47 bits per heavy atom. The third-order valence-electron chi connectivity index (χ3n) is 3.49. The Morgan fingerprint density at radius 3 is 2.89 bits per heavy atom. The van der Waals surface area contributed by atoms with Gasteiger partial charge >= 0.3 is 0 Å². The van der Waals surface area contributed by atoms with E-state index >= 15 is 0 Å². The summed E-state index contributed by atoms with van der Waals surface area (Å²) in [5, 5.41) is 1.88. The van der Waals surface area contributed by atoms with E-state index in [1.54, 1.807) is 0 Å². The second-order valence-electron chi connectivity index (χ2n) is 4.87. The van der Waals surface area contributed by atoms with Gasteiger partial charge in [0.05, 0.1) is 29.2 Å². The minimum atomic E-state index is 0.0947. The molecule has 2 fully saturated rings. The maximum Gasteiger partial charge on any atom is 0.254 e. The first-order chi connectivity index (χ1) is 9.26. The lowest BCUT2D eigenvalue weighted by Gasteiger charge is -2.31. The molecular formula is C14H16N2O2S. The maximum atomic E-state index is 12.4. The van der Waals surface area contributed by atoms with E-state index in [1.807, 2.05) is 16.3 Å². The van der Waals surface area contributed by atoms with Gasteiger partial charge in [0.2, 0.25) is 0 Å². The zero-order valence-electron chi connectivity index (χ0n) is 10.6. The molecule has 3 heterocycles. The molecule has 0 radical (unpaired) electrons. The lowest BCUT2D eigenvalue weighted by Crippen LogP contribution is -2.45. The molecule has 4 nitrogen and oxygen atoms in total. The van der Waals surface area contributed by atoms with Gasteiger partial charge in [-0.3, -0.25) is 4.79 Å². The third kappa shape index (κ3) is 2.66. The standard InChI is InChI=1S/C14H16N2O2S/c15-5-1-2-13-6-10(9-19-13)14(17)16-7-11-3-4-12(8-16)18-11/h6,9,11-12H,3-5,7-8,15H2. The highest BCUT2D eigenvalue weighted by Crippen LogP contribution is 2.27. The number of morpholine rings is 1. The molecule has 1 aromatic heterocycles. The van der Waals surface area contributed by atoms with Crippen LogP contribution in [0.1, 0.15) is 28.1 Å². The highest BCUT2D eigenvalue weighted by atomic mass is 32.1. The number of likely N-dealkylation sites (tertiary alicyclic amines) is 1. The number of nitrogens with zero attached hydrogens (tertiary/aromatic N) is 1. The molecule has 2 atom stereocenters. The summed E-state index contributed by atoms with van der Waals surface area (Å²) in [5.74, 6) is 5.86. The van der Waals surface area contributed by atoms with Crippen LogP contribution in [0.4, 0.5) is 0 Å². The first kappa shape index (κ1) is 12.7. The predicted octanol–water partition coefficient (Wildman–Crippen LogP) is 1.06. The van der Waals surface area contributed by atoms with Crippen molar-refractivity contribution in [2.45, 2.75) is 25.0 Å². The second kappa shape index (κ2) is 5.33. The molecule has 19 heavy (non-hydrogen) atoms. The molecule has 5 heteroatoms. The quantitative estimate of drug-likeness (QED) is 0.780. The Morgan fingerprint density at radius 2 is 2.21 bits per heavy atom. The Balaban J connectivity index is 1.71. The summed E-state index contributed by atoms with van der Waals surface area (Å²) in [6.07, 6.45) is 2.62. The van der Waals surface area contributed by atoms with Crippen LogP contribution in [0.2, 0.25) is 0 Å². The van der Waals surface area contributed by atoms with Crippen molar-refractivity contribution in [2.75, 3.05) is 19.6 Å². The van der Waals surface area contributed by atoms with Crippen molar-refractivity contribution in [1.29, 1.82) is 0 Å². The van der Waals surface area contributed by atoms with Gasteiger partial charge in [-0.25, -0.2) is 0 Å². The van der Waals surface area contributed by atoms with Crippen molar-refractivity contribution in [2.24, 2.45) is 5.73 Å². The van der Waals surface area contributed by atoms with Gasteiger partial charge in [0.25, 0.3) is 5.91 Å². The van der Waals surface area contributed by atoms with E-state index in [4.69, 9.17) is 10.5 Å². The predicted molar refractivity (Wildman–Crippen MR) is 74.0 cm³/mol. The van der Waals surface area contributed by atoms with Crippen molar-refractivity contribution < 1.29 is 9.53 Å². The van der Waals surface area contributed by atoms with Crippen molar-refractivity contribution in [3.8, 4) is 11.8 Å². The number of ether oxygens (including phenoxy) is 1. The van der Waals surface area contributed by atoms with Crippen LogP contribution in [0.5, 0.6) is 0 Å². The number of thiophene rings is 1. The Bertz CT molecular complexity index is 531. The minimum absolute atomic E-state index is 0.0947. The zero-order chi connectivity index (χ0) is 13.2. The molecule has 3 rings (SSSR count). The van der Waals surface area contributed by atoms with Crippen molar-refractivity contribution in [3.63, 3.8) is 0 Å². The van der Waals surface area contributed by atoms with Crippen molar-refractivity contribution in [1.82, 2.24) is 4.90 Å². The second-order valence-corrected chi connectivity index (χ2v) is 5.78. The number of amides is 1. The van der Waals surface area contributed by atoms with Gasteiger partial charge in [-0.2, -0.15) is 0 Å². The van der Waals surface area contributed by atoms with Crippen molar-refractivity contribution in [3.05, 3.63) is 21.9 Å². The summed E-state index contributed by atoms with van der Waals surface area (Å²) >= 11 is 1.49. The number of rotatable bonds is 1. The van der Waals surface area contributed by atoms with Gasteiger partial charge in [-0.1, -0.05) is 11.8 Å². The van der Waals surface area contributed by atoms with Crippen molar-refractivity contribution >= 4 is 17.2 Å². The van der Waals surface area contributed by atoms with Crippen LogP contribution in [-0.4, -0.2) is 42.6 Å². The number of nitrogens with two attached hydrogens (primary N) is 1. The normalized spacial score (nSPS) is 25.0. The zero-order valence-corrected chi connectivity index (χ0v) is 11.4. The third-order valence-corrected chi connectivity index (χ3v) is 4.34. The molecular weight excluding hydrogens is 260 g/mol. The number of fused-ring (bicyclic) bond motifs is 2. The Kier molecular flexibility index (Phi) is 3.56. The summed E-state index contributed by atoms with van der Waals surface area (Å²) < 4.78 is 5.74. The first-order valence-electron chi connectivity index (χ1n) is 6.48. The molecule has 2 aliphatic rings. The van der Waals surface area contributed by atoms with E-state index < -0.39 is 0 Å². The lowest BCUT2D eigenvalue weighted by atomic mass is 10.2. The molecule has 2 saturated heterocycles.